The van der Waals surface area contributed by atoms with E-state index in [1.807, 2.05) is 0 Å². The van der Waals surface area contributed by atoms with E-state index in [1.165, 1.54) is 6.07 Å². The Bertz CT molecular complexity index is 375. The molecule has 5 heteroatoms. The predicted octanol–water partition coefficient (Wildman–Crippen LogP) is 1.95. The van der Waals surface area contributed by atoms with Crippen molar-refractivity contribution in [3.05, 3.63) is 28.8 Å². The van der Waals surface area contributed by atoms with Crippen LogP contribution in [-0.2, 0) is 11.3 Å². The van der Waals surface area contributed by atoms with Crippen molar-refractivity contribution in [2.75, 3.05) is 7.05 Å². The molecule has 0 heterocycles. The number of carboxylic acids is 1. The summed E-state index contributed by atoms with van der Waals surface area (Å²) in [4.78, 5) is 12.4. The first kappa shape index (κ1) is 12.8. The van der Waals surface area contributed by atoms with E-state index in [0.717, 1.165) is 0 Å². The fourth-order valence-corrected chi connectivity index (χ4v) is 1.51. The summed E-state index contributed by atoms with van der Waals surface area (Å²) in [6.07, 6.45) is 0. The van der Waals surface area contributed by atoms with Crippen LogP contribution in [0.5, 0.6) is 5.75 Å². The van der Waals surface area contributed by atoms with E-state index >= 15 is 0 Å². The average Bonchev–Trinajstić information content (AvgIpc) is 2.22. The van der Waals surface area contributed by atoms with E-state index in [4.69, 9.17) is 16.7 Å². The quantitative estimate of drug-likeness (QED) is 0.849. The monoisotopic (exact) mass is 243 g/mol. The Hall–Kier alpha value is -1.26. The lowest BCUT2D eigenvalue weighted by molar-refractivity contribution is -0.142. The fourth-order valence-electron chi connectivity index (χ4n) is 1.28. The number of hydrogen-bond acceptors (Lipinski definition) is 3. The number of phenols is 1. The molecule has 0 radical (unpaired) electrons. The van der Waals surface area contributed by atoms with Crippen molar-refractivity contribution in [3.63, 3.8) is 0 Å². The van der Waals surface area contributed by atoms with Crippen molar-refractivity contribution in [1.82, 2.24) is 4.90 Å². The van der Waals surface area contributed by atoms with Crippen LogP contribution >= 0.6 is 11.6 Å². The molecule has 0 aliphatic rings. The normalized spacial score (nSPS) is 12.8. The molecular formula is C11H14ClNO3. The maximum absolute atomic E-state index is 10.8. The van der Waals surface area contributed by atoms with Gasteiger partial charge in [-0.1, -0.05) is 17.7 Å². The van der Waals surface area contributed by atoms with Crippen LogP contribution in [0.3, 0.4) is 0 Å². The lowest BCUT2D eigenvalue weighted by atomic mass is 10.1. The van der Waals surface area contributed by atoms with Gasteiger partial charge in [-0.15, -0.1) is 0 Å². The molecule has 0 aromatic heterocycles. The number of hydrogen-bond donors (Lipinski definition) is 2. The number of aliphatic carboxylic acids is 1. The molecule has 1 aromatic carbocycles. The first-order valence-corrected chi connectivity index (χ1v) is 5.20. The van der Waals surface area contributed by atoms with Crippen LogP contribution in [0.25, 0.3) is 0 Å². The molecule has 0 aliphatic carbocycles. The van der Waals surface area contributed by atoms with Gasteiger partial charge in [0.2, 0.25) is 0 Å². The maximum Gasteiger partial charge on any atom is 0.320 e. The zero-order chi connectivity index (χ0) is 12.3. The first-order chi connectivity index (χ1) is 7.43. The Morgan fingerprint density at radius 1 is 1.56 bits per heavy atom. The third-order valence-electron chi connectivity index (χ3n) is 2.52. The van der Waals surface area contributed by atoms with E-state index in [-0.39, 0.29) is 5.75 Å². The molecule has 0 unspecified atom stereocenters. The fraction of sp³-hybridized carbons (Fsp3) is 0.364. The Labute approximate surface area is 99.1 Å². The molecule has 88 valence electrons. The average molecular weight is 244 g/mol. The van der Waals surface area contributed by atoms with Gasteiger partial charge in [-0.3, -0.25) is 9.69 Å². The van der Waals surface area contributed by atoms with Crippen molar-refractivity contribution in [1.29, 1.82) is 0 Å². The summed E-state index contributed by atoms with van der Waals surface area (Å²) in [6, 6.07) is 4.20. The Morgan fingerprint density at radius 3 is 2.69 bits per heavy atom. The van der Waals surface area contributed by atoms with Crippen molar-refractivity contribution >= 4 is 17.6 Å². The molecule has 0 bridgehead atoms. The molecule has 0 aliphatic heterocycles. The number of aromatic hydroxyl groups is 1. The molecule has 0 spiro atoms. The Kier molecular flexibility index (Phi) is 4.15. The standard InChI is InChI=1S/C11H14ClNO3/c1-7(11(15)16)13(2)6-8-9(12)4-3-5-10(8)14/h3-5,7,14H,6H2,1-2H3,(H,15,16)/t7-/m0/s1. The number of rotatable bonds is 4. The highest BCUT2D eigenvalue weighted by Gasteiger charge is 2.18. The largest absolute Gasteiger partial charge is 0.508 e. The summed E-state index contributed by atoms with van der Waals surface area (Å²) in [5.74, 6) is -0.828. The molecule has 0 fully saturated rings. The number of benzene rings is 1. The number of carbonyl (C=O) groups is 1. The number of nitrogens with zero attached hydrogens (tertiary/aromatic N) is 1. The molecule has 1 atom stereocenters. The molecule has 0 saturated carbocycles. The van der Waals surface area contributed by atoms with Gasteiger partial charge in [0, 0.05) is 17.1 Å². The SMILES string of the molecule is C[C@@H](C(=O)O)N(C)Cc1c(O)cccc1Cl. The van der Waals surface area contributed by atoms with E-state index < -0.39 is 12.0 Å². The molecule has 0 amide bonds. The van der Waals surface area contributed by atoms with Crippen LogP contribution in [0.1, 0.15) is 12.5 Å². The van der Waals surface area contributed by atoms with Crippen LogP contribution in [-0.4, -0.2) is 34.2 Å². The highest BCUT2D eigenvalue weighted by Crippen LogP contribution is 2.26. The number of carboxylic acid groups (broad SMARTS) is 1. The van der Waals surface area contributed by atoms with Gasteiger partial charge in [0.1, 0.15) is 11.8 Å². The van der Waals surface area contributed by atoms with Crippen molar-refractivity contribution in [2.45, 2.75) is 19.5 Å². The predicted molar refractivity (Wildman–Crippen MR) is 61.7 cm³/mol. The third kappa shape index (κ3) is 2.87. The lowest BCUT2D eigenvalue weighted by Crippen LogP contribution is -2.35. The number of phenolic OH excluding ortho intramolecular Hbond substituents is 1. The first-order valence-electron chi connectivity index (χ1n) is 4.83. The summed E-state index contributed by atoms with van der Waals surface area (Å²) in [5, 5.41) is 18.9. The topological polar surface area (TPSA) is 60.8 Å². The van der Waals surface area contributed by atoms with Crippen LogP contribution in [0, 0.1) is 0 Å². The van der Waals surface area contributed by atoms with Gasteiger partial charge in [-0.25, -0.2) is 0 Å². The second-order valence-electron chi connectivity index (χ2n) is 3.67. The van der Waals surface area contributed by atoms with Crippen molar-refractivity contribution in [2.24, 2.45) is 0 Å². The lowest BCUT2D eigenvalue weighted by Gasteiger charge is -2.22. The zero-order valence-corrected chi connectivity index (χ0v) is 9.90. The molecule has 4 nitrogen and oxygen atoms in total. The van der Waals surface area contributed by atoms with E-state index in [0.29, 0.717) is 17.1 Å². The highest BCUT2D eigenvalue weighted by molar-refractivity contribution is 6.31. The molecular weight excluding hydrogens is 230 g/mol. The van der Waals surface area contributed by atoms with Crippen molar-refractivity contribution in [3.8, 4) is 5.75 Å². The summed E-state index contributed by atoms with van der Waals surface area (Å²) in [5.41, 5.74) is 0.541. The second kappa shape index (κ2) is 5.18. The molecule has 2 N–H and O–H groups in total. The van der Waals surface area contributed by atoms with Crippen LogP contribution in [0.15, 0.2) is 18.2 Å². The zero-order valence-electron chi connectivity index (χ0n) is 9.14. The van der Waals surface area contributed by atoms with Gasteiger partial charge in [0.25, 0.3) is 0 Å². The molecule has 1 rings (SSSR count). The summed E-state index contributed by atoms with van der Waals surface area (Å²) < 4.78 is 0. The van der Waals surface area contributed by atoms with Gasteiger partial charge >= 0.3 is 5.97 Å². The number of halogens is 1. The minimum absolute atomic E-state index is 0.0805. The number of likely N-dealkylation sites (N-methyl/N-ethyl adjacent to an activating group) is 1. The Morgan fingerprint density at radius 2 is 2.19 bits per heavy atom. The van der Waals surface area contributed by atoms with Gasteiger partial charge in [0.15, 0.2) is 0 Å². The van der Waals surface area contributed by atoms with Gasteiger partial charge < -0.3 is 10.2 Å². The summed E-state index contributed by atoms with van der Waals surface area (Å²) in [7, 11) is 1.67. The smallest absolute Gasteiger partial charge is 0.320 e. The minimum atomic E-state index is -0.908. The van der Waals surface area contributed by atoms with Gasteiger partial charge in [-0.2, -0.15) is 0 Å². The van der Waals surface area contributed by atoms with Crippen LogP contribution in [0.4, 0.5) is 0 Å². The van der Waals surface area contributed by atoms with Crippen LogP contribution in [0.2, 0.25) is 5.02 Å². The summed E-state index contributed by atoms with van der Waals surface area (Å²) in [6.45, 7) is 1.87. The maximum atomic E-state index is 10.8. The third-order valence-corrected chi connectivity index (χ3v) is 2.87. The molecule has 0 saturated heterocycles. The van der Waals surface area contributed by atoms with E-state index in [2.05, 4.69) is 0 Å². The molecule has 1 aromatic rings. The van der Waals surface area contributed by atoms with Crippen molar-refractivity contribution < 1.29 is 15.0 Å². The van der Waals surface area contributed by atoms with E-state index in [1.54, 1.807) is 31.0 Å². The molecule has 16 heavy (non-hydrogen) atoms. The van der Waals surface area contributed by atoms with Gasteiger partial charge in [-0.05, 0) is 26.1 Å². The van der Waals surface area contributed by atoms with Gasteiger partial charge in [0.05, 0.1) is 0 Å². The van der Waals surface area contributed by atoms with E-state index in [9.17, 15) is 9.90 Å². The minimum Gasteiger partial charge on any atom is -0.508 e. The Balaban J connectivity index is 2.84. The van der Waals surface area contributed by atoms with Crippen LogP contribution < -0.4 is 0 Å². The summed E-state index contributed by atoms with van der Waals surface area (Å²) >= 11 is 5.92. The second-order valence-corrected chi connectivity index (χ2v) is 4.07. The highest BCUT2D eigenvalue weighted by atomic mass is 35.5.